The van der Waals surface area contributed by atoms with Gasteiger partial charge < -0.3 is 5.32 Å². The summed E-state index contributed by atoms with van der Waals surface area (Å²) in [5.41, 5.74) is 2.37. The monoisotopic (exact) mass is 503 g/mol. The van der Waals surface area contributed by atoms with Crippen molar-refractivity contribution in [2.45, 2.75) is 31.7 Å². The largest absolute Gasteiger partial charge is 0.326 e. The third kappa shape index (κ3) is 5.56. The number of amides is 1. The van der Waals surface area contributed by atoms with Crippen molar-refractivity contribution in [1.82, 2.24) is 14.4 Å². The molecule has 184 valence electrons. The fraction of sp³-hybridized carbons (Fsp3) is 0.154. The van der Waals surface area contributed by atoms with Gasteiger partial charge in [-0.1, -0.05) is 42.0 Å². The van der Waals surface area contributed by atoms with Gasteiger partial charge in [-0.25, -0.2) is 18.1 Å². The smallest absolute Gasteiger partial charge is 0.282 e. The maximum absolute atomic E-state index is 13.3. The van der Waals surface area contributed by atoms with Crippen molar-refractivity contribution in [1.29, 1.82) is 0 Å². The number of para-hydroxylation sites is 1. The number of hydrogen-bond acceptors (Lipinski definition) is 6. The van der Waals surface area contributed by atoms with Crippen molar-refractivity contribution in [2.75, 3.05) is 5.32 Å². The summed E-state index contributed by atoms with van der Waals surface area (Å²) in [6.45, 7) is 4.93. The quantitative estimate of drug-likeness (QED) is 0.373. The van der Waals surface area contributed by atoms with E-state index in [1.807, 2.05) is 31.2 Å². The van der Waals surface area contributed by atoms with Gasteiger partial charge in [-0.05, 0) is 55.8 Å². The van der Waals surface area contributed by atoms with E-state index in [9.17, 15) is 18.0 Å². The van der Waals surface area contributed by atoms with Crippen molar-refractivity contribution in [3.8, 4) is 0 Å². The summed E-state index contributed by atoms with van der Waals surface area (Å²) in [6.07, 6.45) is 1.53. The van der Waals surface area contributed by atoms with Crippen LogP contribution in [-0.2, 0) is 14.8 Å². The average molecular weight is 504 g/mol. The third-order valence-corrected chi connectivity index (χ3v) is 6.94. The molecule has 10 heteroatoms. The van der Waals surface area contributed by atoms with Crippen LogP contribution in [0, 0.1) is 6.92 Å². The first-order chi connectivity index (χ1) is 17.1. The van der Waals surface area contributed by atoms with Crippen LogP contribution in [-0.4, -0.2) is 30.2 Å². The summed E-state index contributed by atoms with van der Waals surface area (Å²) in [5, 5.41) is 7.32. The highest BCUT2D eigenvalue weighted by Gasteiger charge is 2.23. The van der Waals surface area contributed by atoms with Crippen LogP contribution in [0.1, 0.15) is 36.8 Å². The molecule has 0 bridgehead atoms. The van der Waals surface area contributed by atoms with Crippen molar-refractivity contribution in [2.24, 2.45) is 5.10 Å². The Kier molecular flexibility index (Phi) is 7.09. The van der Waals surface area contributed by atoms with Crippen LogP contribution in [0.25, 0.3) is 10.9 Å². The standard InChI is InChI=1S/C26H25N5O4S/c1-17-8-10-20(11-9-17)16-27-31-25(29-24-7-5-4-6-23(24)26(31)33)18(2)30-36(34,35)22-14-12-21(13-15-22)28-19(3)32/h4-16,18,30H,1-3H3,(H,28,32)/b27-16+. The highest BCUT2D eigenvalue weighted by Crippen LogP contribution is 2.19. The predicted octanol–water partition coefficient (Wildman–Crippen LogP) is 3.59. The molecule has 0 saturated heterocycles. The second kappa shape index (κ2) is 10.2. The maximum Gasteiger partial charge on any atom is 0.282 e. The second-order valence-corrected chi connectivity index (χ2v) is 10.0. The average Bonchev–Trinajstić information content (AvgIpc) is 2.84. The Morgan fingerprint density at radius 2 is 1.69 bits per heavy atom. The first-order valence-electron chi connectivity index (χ1n) is 11.2. The number of carbonyl (C=O) groups excluding carboxylic acids is 1. The fourth-order valence-corrected chi connectivity index (χ4v) is 4.79. The molecule has 1 aromatic heterocycles. The molecule has 4 rings (SSSR count). The van der Waals surface area contributed by atoms with E-state index in [0.29, 0.717) is 16.6 Å². The molecule has 1 atom stereocenters. The number of aromatic nitrogens is 2. The SMILES string of the molecule is CC(=O)Nc1ccc(S(=O)(=O)NC(C)c2nc3ccccc3c(=O)n2/N=C/c2ccc(C)cc2)cc1. The molecular formula is C26H25N5O4S. The van der Waals surface area contributed by atoms with Crippen LogP contribution >= 0.6 is 0 Å². The minimum Gasteiger partial charge on any atom is -0.326 e. The molecule has 36 heavy (non-hydrogen) atoms. The van der Waals surface area contributed by atoms with Gasteiger partial charge in [0.15, 0.2) is 5.82 Å². The third-order valence-electron chi connectivity index (χ3n) is 5.38. The van der Waals surface area contributed by atoms with E-state index in [4.69, 9.17) is 0 Å². The van der Waals surface area contributed by atoms with Crippen molar-refractivity contribution in [3.05, 3.63) is 100 Å². The zero-order chi connectivity index (χ0) is 25.9. The maximum atomic E-state index is 13.3. The molecule has 9 nitrogen and oxygen atoms in total. The second-order valence-electron chi connectivity index (χ2n) is 8.31. The van der Waals surface area contributed by atoms with Gasteiger partial charge in [0, 0.05) is 12.6 Å². The fourth-order valence-electron chi connectivity index (χ4n) is 3.58. The van der Waals surface area contributed by atoms with Gasteiger partial charge in [0.25, 0.3) is 5.56 Å². The highest BCUT2D eigenvalue weighted by atomic mass is 32.2. The number of aryl methyl sites for hydroxylation is 1. The first-order valence-corrected chi connectivity index (χ1v) is 12.6. The highest BCUT2D eigenvalue weighted by molar-refractivity contribution is 7.89. The number of fused-ring (bicyclic) bond motifs is 1. The van der Waals surface area contributed by atoms with E-state index in [1.165, 1.54) is 37.4 Å². The molecular weight excluding hydrogens is 478 g/mol. The van der Waals surface area contributed by atoms with Crippen molar-refractivity contribution < 1.29 is 13.2 Å². The van der Waals surface area contributed by atoms with E-state index in [1.54, 1.807) is 31.2 Å². The van der Waals surface area contributed by atoms with E-state index in [-0.39, 0.29) is 16.6 Å². The van der Waals surface area contributed by atoms with Gasteiger partial charge in [-0.15, -0.1) is 0 Å². The van der Waals surface area contributed by atoms with Crippen LogP contribution < -0.4 is 15.6 Å². The van der Waals surface area contributed by atoms with E-state index in [2.05, 4.69) is 20.1 Å². The number of benzene rings is 3. The lowest BCUT2D eigenvalue weighted by Gasteiger charge is -2.17. The molecule has 2 N–H and O–H groups in total. The molecule has 0 spiro atoms. The molecule has 1 unspecified atom stereocenters. The molecule has 0 saturated carbocycles. The number of carbonyl (C=O) groups is 1. The molecule has 0 fully saturated rings. The summed E-state index contributed by atoms with van der Waals surface area (Å²) in [6, 6.07) is 19.3. The lowest BCUT2D eigenvalue weighted by molar-refractivity contribution is -0.114. The van der Waals surface area contributed by atoms with Gasteiger partial charge >= 0.3 is 0 Å². The number of sulfonamides is 1. The number of nitrogens with one attached hydrogen (secondary N) is 2. The van der Waals surface area contributed by atoms with Crippen LogP contribution in [0.15, 0.2) is 87.6 Å². The summed E-state index contributed by atoms with van der Waals surface area (Å²) in [4.78, 5) is 29.1. The minimum absolute atomic E-state index is 0.00120. The van der Waals surface area contributed by atoms with Crippen LogP contribution in [0.3, 0.4) is 0 Å². The molecule has 0 aliphatic carbocycles. The number of rotatable bonds is 7. The van der Waals surface area contributed by atoms with Gasteiger partial charge in [-0.3, -0.25) is 9.59 Å². The Morgan fingerprint density at radius 1 is 1.03 bits per heavy atom. The molecule has 4 aromatic rings. The summed E-state index contributed by atoms with van der Waals surface area (Å²) in [5.74, 6) is -0.121. The normalized spacial score (nSPS) is 12.6. The summed E-state index contributed by atoms with van der Waals surface area (Å²) in [7, 11) is -3.98. The van der Waals surface area contributed by atoms with Gasteiger partial charge in [-0.2, -0.15) is 9.78 Å². The van der Waals surface area contributed by atoms with E-state index >= 15 is 0 Å². The molecule has 0 radical (unpaired) electrons. The van der Waals surface area contributed by atoms with E-state index in [0.717, 1.165) is 15.8 Å². The first kappa shape index (κ1) is 25.0. The minimum atomic E-state index is -3.98. The summed E-state index contributed by atoms with van der Waals surface area (Å²) >= 11 is 0. The lowest BCUT2D eigenvalue weighted by atomic mass is 10.2. The number of anilines is 1. The Labute approximate surface area is 208 Å². The van der Waals surface area contributed by atoms with Gasteiger partial charge in [0.2, 0.25) is 15.9 Å². The Morgan fingerprint density at radius 3 is 2.36 bits per heavy atom. The van der Waals surface area contributed by atoms with Crippen LogP contribution in [0.4, 0.5) is 5.69 Å². The Balaban J connectivity index is 1.71. The number of hydrogen-bond donors (Lipinski definition) is 2. The topological polar surface area (TPSA) is 123 Å². The zero-order valence-electron chi connectivity index (χ0n) is 20.0. The summed E-state index contributed by atoms with van der Waals surface area (Å²) < 4.78 is 29.8. The van der Waals surface area contributed by atoms with Crippen molar-refractivity contribution in [3.63, 3.8) is 0 Å². The van der Waals surface area contributed by atoms with Crippen molar-refractivity contribution >= 4 is 38.7 Å². The lowest BCUT2D eigenvalue weighted by Crippen LogP contribution is -2.32. The number of nitrogens with zero attached hydrogens (tertiary/aromatic N) is 3. The Bertz CT molecular complexity index is 1610. The van der Waals surface area contributed by atoms with Gasteiger partial charge in [0.05, 0.1) is 28.1 Å². The molecule has 1 heterocycles. The molecule has 1 amide bonds. The van der Waals surface area contributed by atoms with Crippen LogP contribution in [0.5, 0.6) is 0 Å². The Hall–Kier alpha value is -4.15. The molecule has 0 aliphatic rings. The molecule has 0 aliphatic heterocycles. The van der Waals surface area contributed by atoms with Crippen LogP contribution in [0.2, 0.25) is 0 Å². The van der Waals surface area contributed by atoms with E-state index < -0.39 is 21.6 Å². The van der Waals surface area contributed by atoms with Gasteiger partial charge in [0.1, 0.15) is 0 Å². The predicted molar refractivity (Wildman–Crippen MR) is 140 cm³/mol. The zero-order valence-corrected chi connectivity index (χ0v) is 20.8. The molecule has 3 aromatic carbocycles.